The van der Waals surface area contributed by atoms with E-state index in [0.29, 0.717) is 5.76 Å². The van der Waals surface area contributed by atoms with E-state index >= 15 is 0 Å². The van der Waals surface area contributed by atoms with E-state index in [-0.39, 0.29) is 29.6 Å². The van der Waals surface area contributed by atoms with Crippen molar-refractivity contribution in [2.75, 3.05) is 0 Å². The van der Waals surface area contributed by atoms with Crippen LogP contribution in [0.3, 0.4) is 0 Å². The summed E-state index contributed by atoms with van der Waals surface area (Å²) in [6, 6.07) is 6.77. The highest BCUT2D eigenvalue weighted by atomic mass is 19.1. The van der Waals surface area contributed by atoms with Gasteiger partial charge in [0.15, 0.2) is 0 Å². The normalized spacial score (nSPS) is 21.4. The third-order valence-electron chi connectivity index (χ3n) is 3.90. The molecule has 1 aromatic heterocycles. The molecule has 1 amide bonds. The number of amides is 1. The van der Waals surface area contributed by atoms with Crippen molar-refractivity contribution in [3.8, 4) is 0 Å². The Morgan fingerprint density at radius 2 is 2.29 bits per heavy atom. The van der Waals surface area contributed by atoms with Crippen LogP contribution in [0.5, 0.6) is 0 Å². The second-order valence-corrected chi connectivity index (χ2v) is 5.51. The molecule has 1 saturated carbocycles. The van der Waals surface area contributed by atoms with E-state index in [4.69, 9.17) is 4.42 Å². The zero-order chi connectivity index (χ0) is 14.8. The molecule has 1 fully saturated rings. The van der Waals surface area contributed by atoms with Crippen LogP contribution < -0.4 is 5.32 Å². The van der Waals surface area contributed by atoms with Crippen LogP contribution in [0, 0.1) is 12.7 Å². The van der Waals surface area contributed by atoms with Gasteiger partial charge in [-0.1, -0.05) is 12.1 Å². The lowest BCUT2D eigenvalue weighted by atomic mass is 9.97. The second-order valence-electron chi connectivity index (χ2n) is 5.51. The van der Waals surface area contributed by atoms with E-state index in [0.717, 1.165) is 24.8 Å². The number of aromatic nitrogens is 1. The van der Waals surface area contributed by atoms with Gasteiger partial charge in [0.2, 0.25) is 0 Å². The monoisotopic (exact) mass is 288 g/mol. The summed E-state index contributed by atoms with van der Waals surface area (Å²) in [5.41, 5.74) is 0.999. The maximum Gasteiger partial charge on any atom is 0.307 e. The van der Waals surface area contributed by atoms with Crippen LogP contribution in [0.15, 0.2) is 34.9 Å². The minimum atomic E-state index is -0.284. The Hall–Kier alpha value is -2.17. The van der Waals surface area contributed by atoms with E-state index in [2.05, 4.69) is 10.3 Å². The number of carbonyl (C=O) groups excluding carboxylic acids is 1. The van der Waals surface area contributed by atoms with Gasteiger partial charge in [-0.15, -0.1) is 0 Å². The Morgan fingerprint density at radius 3 is 3.00 bits per heavy atom. The molecule has 21 heavy (non-hydrogen) atoms. The smallest absolute Gasteiger partial charge is 0.307 e. The Kier molecular flexibility index (Phi) is 3.73. The highest BCUT2D eigenvalue weighted by Crippen LogP contribution is 2.34. The number of hydrogen-bond donors (Lipinski definition) is 1. The fraction of sp³-hybridized carbons (Fsp3) is 0.375. The van der Waals surface area contributed by atoms with Crippen LogP contribution >= 0.6 is 0 Å². The van der Waals surface area contributed by atoms with Gasteiger partial charge in [0.1, 0.15) is 11.6 Å². The summed E-state index contributed by atoms with van der Waals surface area (Å²) in [5, 5.41) is 2.93. The lowest BCUT2D eigenvalue weighted by Crippen LogP contribution is -2.33. The third-order valence-corrected chi connectivity index (χ3v) is 3.90. The zero-order valence-corrected chi connectivity index (χ0v) is 11.8. The summed E-state index contributed by atoms with van der Waals surface area (Å²) in [4.78, 5) is 15.9. The molecule has 1 aliphatic carbocycles. The molecule has 0 unspecified atom stereocenters. The van der Waals surface area contributed by atoms with Crippen molar-refractivity contribution < 1.29 is 13.6 Å². The summed E-state index contributed by atoms with van der Waals surface area (Å²) in [5.74, 6) is 0.506. The quantitative estimate of drug-likeness (QED) is 0.943. The number of benzene rings is 1. The van der Waals surface area contributed by atoms with Crippen molar-refractivity contribution in [1.29, 1.82) is 0 Å². The van der Waals surface area contributed by atoms with Crippen LogP contribution in [0.2, 0.25) is 0 Å². The molecule has 5 heteroatoms. The third kappa shape index (κ3) is 3.12. The van der Waals surface area contributed by atoms with Gasteiger partial charge in [0.05, 0.1) is 6.20 Å². The minimum absolute atomic E-state index is 0.0815. The van der Waals surface area contributed by atoms with Gasteiger partial charge in [-0.2, -0.15) is 0 Å². The molecule has 0 spiro atoms. The predicted molar refractivity (Wildman–Crippen MR) is 75.5 cm³/mol. The van der Waals surface area contributed by atoms with Crippen molar-refractivity contribution >= 4 is 5.91 Å². The fourth-order valence-corrected chi connectivity index (χ4v) is 2.88. The minimum Gasteiger partial charge on any atom is -0.438 e. The van der Waals surface area contributed by atoms with Crippen molar-refractivity contribution in [1.82, 2.24) is 10.3 Å². The Morgan fingerprint density at radius 1 is 1.43 bits per heavy atom. The number of aryl methyl sites for hydroxylation is 1. The van der Waals surface area contributed by atoms with Crippen LogP contribution in [0.1, 0.15) is 47.2 Å². The van der Waals surface area contributed by atoms with Crippen molar-refractivity contribution in [3.05, 3.63) is 53.5 Å². The molecule has 0 radical (unpaired) electrons. The number of nitrogens with one attached hydrogen (secondary N) is 1. The Balaban J connectivity index is 1.61. The molecule has 1 aliphatic rings. The van der Waals surface area contributed by atoms with E-state index in [1.165, 1.54) is 12.3 Å². The first-order chi connectivity index (χ1) is 10.1. The molecule has 4 nitrogen and oxygen atoms in total. The van der Waals surface area contributed by atoms with Gasteiger partial charge in [0.25, 0.3) is 5.89 Å². The molecule has 1 heterocycles. The Bertz CT molecular complexity index is 653. The van der Waals surface area contributed by atoms with Gasteiger partial charge in [-0.05, 0) is 49.8 Å². The van der Waals surface area contributed by atoms with Gasteiger partial charge in [0, 0.05) is 6.04 Å². The number of nitrogens with zero attached hydrogens (tertiary/aromatic N) is 1. The zero-order valence-electron chi connectivity index (χ0n) is 11.8. The molecule has 110 valence electrons. The number of carbonyl (C=O) groups is 1. The number of hydrogen-bond acceptors (Lipinski definition) is 3. The van der Waals surface area contributed by atoms with Crippen LogP contribution in [0.4, 0.5) is 4.39 Å². The predicted octanol–water partition coefficient (Wildman–Crippen LogP) is 3.19. The second kappa shape index (κ2) is 5.68. The highest BCUT2D eigenvalue weighted by molar-refractivity contribution is 5.89. The average molecular weight is 288 g/mol. The molecule has 2 aromatic rings. The summed E-state index contributed by atoms with van der Waals surface area (Å²) < 4.78 is 18.5. The first-order valence-electron chi connectivity index (χ1n) is 7.10. The van der Waals surface area contributed by atoms with Crippen LogP contribution in [-0.2, 0) is 0 Å². The molecule has 0 aliphatic heterocycles. The first-order valence-corrected chi connectivity index (χ1v) is 7.10. The summed E-state index contributed by atoms with van der Waals surface area (Å²) in [6.45, 7) is 1.75. The van der Waals surface area contributed by atoms with E-state index in [1.54, 1.807) is 19.1 Å². The lowest BCUT2D eigenvalue weighted by Gasteiger charge is -2.12. The maximum atomic E-state index is 13.3. The van der Waals surface area contributed by atoms with E-state index in [9.17, 15) is 9.18 Å². The van der Waals surface area contributed by atoms with Gasteiger partial charge >= 0.3 is 5.91 Å². The van der Waals surface area contributed by atoms with Crippen molar-refractivity contribution in [3.63, 3.8) is 0 Å². The summed E-state index contributed by atoms with van der Waals surface area (Å²) >= 11 is 0. The molecule has 3 rings (SSSR count). The van der Waals surface area contributed by atoms with Gasteiger partial charge in [-0.3, -0.25) is 4.79 Å². The molecular weight excluding hydrogens is 271 g/mol. The molecule has 1 N–H and O–H groups in total. The topological polar surface area (TPSA) is 55.1 Å². The summed E-state index contributed by atoms with van der Waals surface area (Å²) in [7, 11) is 0. The molecule has 1 aromatic carbocycles. The lowest BCUT2D eigenvalue weighted by molar-refractivity contribution is 0.0901. The maximum absolute atomic E-state index is 13.3. The van der Waals surface area contributed by atoms with Crippen molar-refractivity contribution in [2.45, 2.75) is 38.1 Å². The van der Waals surface area contributed by atoms with E-state index < -0.39 is 0 Å². The van der Waals surface area contributed by atoms with Gasteiger partial charge in [-0.25, -0.2) is 9.37 Å². The van der Waals surface area contributed by atoms with E-state index in [1.807, 2.05) is 6.07 Å². The molecule has 2 atom stereocenters. The first kappa shape index (κ1) is 13.8. The largest absolute Gasteiger partial charge is 0.438 e. The highest BCUT2D eigenvalue weighted by Gasteiger charge is 2.28. The van der Waals surface area contributed by atoms with Crippen LogP contribution in [-0.4, -0.2) is 16.9 Å². The van der Waals surface area contributed by atoms with Gasteiger partial charge < -0.3 is 9.73 Å². The SMILES string of the molecule is Cc1cnc(C(=O)N[C@H]2CC[C@@H](c3cccc(F)c3)C2)o1. The number of halogens is 1. The summed E-state index contributed by atoms with van der Waals surface area (Å²) in [6.07, 6.45) is 4.17. The number of oxazole rings is 1. The number of rotatable bonds is 3. The Labute approximate surface area is 122 Å². The fourth-order valence-electron chi connectivity index (χ4n) is 2.88. The standard InChI is InChI=1S/C16H17FN2O2/c1-10-9-18-16(21-10)15(20)19-14-6-5-12(8-14)11-3-2-4-13(17)7-11/h2-4,7,9,12,14H,5-6,8H2,1H3,(H,19,20)/t12-,14+/m1/s1. The van der Waals surface area contributed by atoms with Crippen LogP contribution in [0.25, 0.3) is 0 Å². The molecule has 0 saturated heterocycles. The molecular formula is C16H17FN2O2. The molecule has 0 bridgehead atoms. The van der Waals surface area contributed by atoms with Crippen molar-refractivity contribution in [2.24, 2.45) is 0 Å². The average Bonchev–Trinajstić information content (AvgIpc) is 3.08.